The van der Waals surface area contributed by atoms with E-state index in [1.54, 1.807) is 0 Å². The zero-order valence-corrected chi connectivity index (χ0v) is 9.67. The fourth-order valence-corrected chi connectivity index (χ4v) is 2.56. The van der Waals surface area contributed by atoms with Crippen molar-refractivity contribution in [3.63, 3.8) is 0 Å². The Morgan fingerprint density at radius 1 is 1.11 bits per heavy atom. The van der Waals surface area contributed by atoms with Crippen molar-refractivity contribution in [2.45, 2.75) is 31.7 Å². The number of alkyl halides is 6. The number of allylic oxidation sites excluding steroid dienone is 2. The van der Waals surface area contributed by atoms with Gasteiger partial charge in [0.05, 0.1) is 6.61 Å². The maximum Gasteiger partial charge on any atom is 0.525 e. The molecule has 0 aromatic rings. The van der Waals surface area contributed by atoms with Gasteiger partial charge < -0.3 is 4.74 Å². The fraction of sp³-hybridized carbons (Fsp3) is 0.818. The molecule has 19 heavy (non-hydrogen) atoms. The lowest BCUT2D eigenvalue weighted by Gasteiger charge is -2.25. The quantitative estimate of drug-likeness (QED) is 0.568. The maximum atomic E-state index is 13.0. The Labute approximate surface area is 105 Å². The van der Waals surface area contributed by atoms with Crippen LogP contribution in [0.15, 0.2) is 12.2 Å². The van der Waals surface area contributed by atoms with Gasteiger partial charge in [-0.25, -0.2) is 9.13 Å². The van der Waals surface area contributed by atoms with Crippen molar-refractivity contribution in [2.24, 2.45) is 17.8 Å². The van der Waals surface area contributed by atoms with Gasteiger partial charge in [-0.2, -0.15) is 8.78 Å². The monoisotopic (exact) mass is 290 g/mol. The van der Waals surface area contributed by atoms with Gasteiger partial charge in [0.1, 0.15) is 0 Å². The molecule has 4 unspecified atom stereocenters. The summed E-state index contributed by atoms with van der Waals surface area (Å²) in [5, 5.41) is 0. The van der Waals surface area contributed by atoms with E-state index >= 15 is 0 Å². The molecule has 1 saturated carbocycles. The summed E-state index contributed by atoms with van der Waals surface area (Å²) in [6.07, 6.45) is -8.63. The minimum absolute atomic E-state index is 0.0856. The van der Waals surface area contributed by atoms with E-state index < -0.39 is 25.4 Å². The smallest absolute Gasteiger partial charge is 0.316 e. The first-order valence-electron chi connectivity index (χ1n) is 5.76. The molecule has 2 bridgehead atoms. The summed E-state index contributed by atoms with van der Waals surface area (Å²) in [6, 6.07) is 0. The molecule has 0 spiro atoms. The van der Waals surface area contributed by atoms with E-state index in [0.717, 1.165) is 6.42 Å². The number of rotatable bonds is 5. The molecule has 0 saturated heterocycles. The Morgan fingerprint density at radius 3 is 2.26 bits per heavy atom. The van der Waals surface area contributed by atoms with Crippen LogP contribution in [0.3, 0.4) is 0 Å². The van der Waals surface area contributed by atoms with Crippen LogP contribution in [0.2, 0.25) is 0 Å². The second-order valence-electron chi connectivity index (χ2n) is 4.79. The molecule has 0 N–H and O–H groups in total. The lowest BCUT2D eigenvalue weighted by molar-refractivity contribution is -0.424. The highest BCUT2D eigenvalue weighted by Crippen LogP contribution is 2.44. The van der Waals surface area contributed by atoms with E-state index in [9.17, 15) is 26.3 Å². The molecule has 2 nitrogen and oxygen atoms in total. The van der Waals surface area contributed by atoms with Gasteiger partial charge in [0.15, 0.2) is 0 Å². The molecular weight excluding hydrogens is 278 g/mol. The molecule has 0 heterocycles. The molecule has 2 aliphatic carbocycles. The lowest BCUT2D eigenvalue weighted by Crippen LogP contribution is -2.40. The van der Waals surface area contributed by atoms with Crippen molar-refractivity contribution in [3.8, 4) is 0 Å². The molecule has 1 fully saturated rings. The van der Waals surface area contributed by atoms with E-state index in [0.29, 0.717) is 12.3 Å². The van der Waals surface area contributed by atoms with Crippen LogP contribution < -0.4 is 0 Å². The molecule has 2 aliphatic rings. The summed E-state index contributed by atoms with van der Waals surface area (Å²) >= 11 is 0. The zero-order valence-electron chi connectivity index (χ0n) is 9.67. The number of hydrogen-bond donors (Lipinski definition) is 0. The van der Waals surface area contributed by atoms with Crippen molar-refractivity contribution in [3.05, 3.63) is 12.2 Å². The Morgan fingerprint density at radius 2 is 1.79 bits per heavy atom. The third-order valence-corrected chi connectivity index (χ3v) is 3.41. The van der Waals surface area contributed by atoms with Gasteiger partial charge in [-0.3, -0.25) is 0 Å². The van der Waals surface area contributed by atoms with Gasteiger partial charge in [-0.15, -0.1) is 13.2 Å². The Hall–Kier alpha value is -0.760. The Kier molecular flexibility index (Phi) is 3.83. The SMILES string of the molecule is FC(OC(F)(F)F)C(F)(F)OCC1CC2C=CC1C2. The molecule has 110 valence electrons. The maximum absolute atomic E-state index is 13.0. The second kappa shape index (κ2) is 4.97. The van der Waals surface area contributed by atoms with Gasteiger partial charge in [0.2, 0.25) is 0 Å². The standard InChI is InChI=1S/C11H12F6O2/c12-9(19-11(15,16)17)10(13,14)18-5-8-4-6-1-2-7(8)3-6/h1-2,6-9H,3-5H2. The number of halogens is 6. The molecule has 0 aromatic carbocycles. The van der Waals surface area contributed by atoms with Crippen molar-refractivity contribution < 1.29 is 35.8 Å². The minimum Gasteiger partial charge on any atom is -0.316 e. The summed E-state index contributed by atoms with van der Waals surface area (Å²) in [7, 11) is 0. The third kappa shape index (κ3) is 3.62. The van der Waals surface area contributed by atoms with Gasteiger partial charge in [0.25, 0.3) is 6.36 Å². The van der Waals surface area contributed by atoms with Gasteiger partial charge >= 0.3 is 12.5 Å². The average Bonchev–Trinajstić information content (AvgIpc) is 2.85. The topological polar surface area (TPSA) is 18.5 Å². The molecule has 4 atom stereocenters. The molecule has 8 heteroatoms. The third-order valence-electron chi connectivity index (χ3n) is 3.41. The zero-order chi connectivity index (χ0) is 14.3. The molecular formula is C11H12F6O2. The van der Waals surface area contributed by atoms with E-state index in [-0.39, 0.29) is 11.8 Å². The first kappa shape index (κ1) is 14.6. The van der Waals surface area contributed by atoms with Crippen molar-refractivity contribution in [2.75, 3.05) is 6.61 Å². The highest BCUT2D eigenvalue weighted by molar-refractivity contribution is 5.10. The highest BCUT2D eigenvalue weighted by Gasteiger charge is 2.50. The molecule has 0 amide bonds. The predicted molar refractivity (Wildman–Crippen MR) is 51.8 cm³/mol. The average molecular weight is 290 g/mol. The van der Waals surface area contributed by atoms with Crippen LogP contribution in [0.4, 0.5) is 26.3 Å². The van der Waals surface area contributed by atoms with Crippen LogP contribution in [-0.4, -0.2) is 25.4 Å². The van der Waals surface area contributed by atoms with Gasteiger partial charge in [-0.1, -0.05) is 12.2 Å². The Balaban J connectivity index is 1.82. The number of fused-ring (bicyclic) bond motifs is 2. The lowest BCUT2D eigenvalue weighted by atomic mass is 9.95. The van der Waals surface area contributed by atoms with Gasteiger partial charge in [0, 0.05) is 0 Å². The van der Waals surface area contributed by atoms with Crippen LogP contribution >= 0.6 is 0 Å². The molecule has 0 aromatic heterocycles. The van der Waals surface area contributed by atoms with E-state index in [4.69, 9.17) is 0 Å². The predicted octanol–water partition coefficient (Wildman–Crippen LogP) is 3.64. The molecule has 2 rings (SSSR count). The highest BCUT2D eigenvalue weighted by atomic mass is 19.4. The number of hydrogen-bond acceptors (Lipinski definition) is 2. The van der Waals surface area contributed by atoms with Crippen LogP contribution in [0.5, 0.6) is 0 Å². The first-order valence-corrected chi connectivity index (χ1v) is 5.76. The summed E-state index contributed by atoms with van der Waals surface area (Å²) in [6.45, 7) is -0.486. The van der Waals surface area contributed by atoms with E-state index in [2.05, 4.69) is 9.47 Å². The van der Waals surface area contributed by atoms with Gasteiger partial charge in [-0.05, 0) is 30.6 Å². The largest absolute Gasteiger partial charge is 0.525 e. The van der Waals surface area contributed by atoms with E-state index in [1.807, 2.05) is 12.2 Å². The molecule has 0 aliphatic heterocycles. The van der Waals surface area contributed by atoms with Crippen LogP contribution in [0, 0.1) is 17.8 Å². The Bertz CT molecular complexity index is 354. The summed E-state index contributed by atoms with van der Waals surface area (Å²) in [5.74, 6) is 0.182. The second-order valence-corrected chi connectivity index (χ2v) is 4.79. The van der Waals surface area contributed by atoms with E-state index in [1.165, 1.54) is 0 Å². The molecule has 0 radical (unpaired) electrons. The summed E-state index contributed by atoms with van der Waals surface area (Å²) < 4.78 is 80.3. The van der Waals surface area contributed by atoms with Crippen LogP contribution in [-0.2, 0) is 9.47 Å². The van der Waals surface area contributed by atoms with Crippen LogP contribution in [0.25, 0.3) is 0 Å². The van der Waals surface area contributed by atoms with Crippen molar-refractivity contribution in [1.29, 1.82) is 0 Å². The number of ether oxygens (including phenoxy) is 2. The fourth-order valence-electron chi connectivity index (χ4n) is 2.56. The first-order chi connectivity index (χ1) is 8.67. The summed E-state index contributed by atoms with van der Waals surface area (Å²) in [5.41, 5.74) is 0. The van der Waals surface area contributed by atoms with Crippen LogP contribution in [0.1, 0.15) is 12.8 Å². The van der Waals surface area contributed by atoms with Crippen molar-refractivity contribution in [1.82, 2.24) is 0 Å². The normalized spacial score (nSPS) is 32.0. The van der Waals surface area contributed by atoms with Crippen molar-refractivity contribution >= 4 is 0 Å². The summed E-state index contributed by atoms with van der Waals surface area (Å²) in [4.78, 5) is 0. The minimum atomic E-state index is -5.47.